The second-order valence-corrected chi connectivity index (χ2v) is 9.92. The zero-order chi connectivity index (χ0) is 25.8. The normalized spacial score (nSPS) is 27.1. The highest BCUT2D eigenvalue weighted by Gasteiger charge is 2.60. The van der Waals surface area contributed by atoms with Gasteiger partial charge in [-0.1, -0.05) is 23.4 Å². The Bertz CT molecular complexity index is 1340. The summed E-state index contributed by atoms with van der Waals surface area (Å²) < 4.78 is 5.59. The highest BCUT2D eigenvalue weighted by atomic mass is 32.2. The molecule has 1 saturated heterocycles. The van der Waals surface area contributed by atoms with E-state index >= 15 is 0 Å². The predicted octanol–water partition coefficient (Wildman–Crippen LogP) is -0.371. The average molecular weight is 534 g/mol. The summed E-state index contributed by atoms with van der Waals surface area (Å²) in [4.78, 5) is 47.8. The van der Waals surface area contributed by atoms with Gasteiger partial charge in [-0.05, 0) is 6.07 Å². The summed E-state index contributed by atoms with van der Waals surface area (Å²) in [7, 11) is 1.24. The fourth-order valence-electron chi connectivity index (χ4n) is 4.26. The van der Waals surface area contributed by atoms with Crippen LogP contribution in [0.25, 0.3) is 0 Å². The number of thiazole rings is 1. The highest BCUT2D eigenvalue weighted by Crippen LogP contribution is 2.50. The third kappa shape index (κ3) is 3.59. The topological polar surface area (TPSA) is 197 Å². The lowest BCUT2D eigenvalue weighted by Gasteiger charge is -2.50. The van der Waals surface area contributed by atoms with Crippen molar-refractivity contribution < 1.29 is 39.3 Å². The molecule has 0 saturated carbocycles. The first-order valence-corrected chi connectivity index (χ1v) is 12.3. The van der Waals surface area contributed by atoms with Crippen LogP contribution in [-0.2, 0) is 19.2 Å². The molecule has 6 N–H and O–H groups in total. The second-order valence-electron chi connectivity index (χ2n) is 7.93. The Morgan fingerprint density at radius 3 is 2.78 bits per heavy atom. The van der Waals surface area contributed by atoms with Crippen LogP contribution in [-0.4, -0.2) is 78.8 Å². The number of carboxylic acids is 1. The number of aromatic nitrogens is 1. The Morgan fingerprint density at radius 2 is 2.14 bits per heavy atom. The van der Waals surface area contributed by atoms with E-state index in [9.17, 15) is 29.7 Å². The summed E-state index contributed by atoms with van der Waals surface area (Å²) in [6, 6.07) is 5.28. The van der Waals surface area contributed by atoms with Gasteiger partial charge in [0.1, 0.15) is 35.7 Å². The lowest BCUT2D eigenvalue weighted by atomic mass is 9.93. The molecule has 4 heterocycles. The van der Waals surface area contributed by atoms with Crippen molar-refractivity contribution in [1.82, 2.24) is 15.2 Å². The maximum absolute atomic E-state index is 13.0. The van der Waals surface area contributed by atoms with E-state index in [4.69, 9.17) is 15.3 Å². The number of anilines is 1. The van der Waals surface area contributed by atoms with Crippen LogP contribution in [0.1, 0.15) is 17.4 Å². The van der Waals surface area contributed by atoms with Gasteiger partial charge in [-0.2, -0.15) is 0 Å². The van der Waals surface area contributed by atoms with Crippen LogP contribution < -0.4 is 15.8 Å². The van der Waals surface area contributed by atoms with Gasteiger partial charge in [-0.3, -0.25) is 14.5 Å². The third-order valence-corrected chi connectivity index (χ3v) is 7.86. The van der Waals surface area contributed by atoms with Gasteiger partial charge in [-0.15, -0.1) is 23.1 Å². The number of aliphatic carboxylic acids is 1. The molecule has 2 unspecified atom stereocenters. The van der Waals surface area contributed by atoms with Gasteiger partial charge in [0.25, 0.3) is 17.6 Å². The molecular weight excluding hydrogens is 514 g/mol. The first-order chi connectivity index (χ1) is 17.2. The van der Waals surface area contributed by atoms with Crippen LogP contribution >= 0.6 is 23.1 Å². The minimum absolute atomic E-state index is 0.0916. The number of benzene rings is 1. The molecule has 2 aromatic rings. The number of hydrogen-bond acceptors (Lipinski definition) is 12. The molecule has 3 aliphatic rings. The number of nitrogens with two attached hydrogens (primary N) is 1. The maximum atomic E-state index is 13.0. The minimum Gasteiger partial charge on any atom is -0.477 e. The van der Waals surface area contributed by atoms with Crippen LogP contribution in [0, 0.1) is 0 Å². The number of rotatable bonds is 6. The number of carbonyl (C=O) groups is 3. The van der Waals surface area contributed by atoms with Crippen molar-refractivity contribution in [2.45, 2.75) is 23.3 Å². The van der Waals surface area contributed by atoms with Crippen LogP contribution in [0.3, 0.4) is 0 Å². The molecule has 1 aromatic heterocycles. The number of nitrogens with one attached hydrogen (secondary N) is 1. The Labute approximate surface area is 211 Å². The standard InChI is InChI=1S/C21H19N5O8S2/c1-33-25-12(10-7-36-20(22)23-10)16(28)24-13-17(29)26-14(19(30)31)9(6-35-18(13)26)21(32)15(27)8-4-2-3-5-11(8)34-21/h2-5,7,13,15,18,27,32H,6H2,1H3,(H2,22,23)(H,24,28)(H,30,31)/b25-12-/t13-,15?,18-,21?/m1/s1. The van der Waals surface area contributed by atoms with Gasteiger partial charge in [0.05, 0.1) is 0 Å². The molecule has 0 radical (unpaired) electrons. The quantitative estimate of drug-likeness (QED) is 0.184. The number of carboxylic acid groups (broad SMARTS) is 1. The van der Waals surface area contributed by atoms with Crippen LogP contribution in [0.2, 0.25) is 0 Å². The molecule has 188 valence electrons. The molecule has 0 aliphatic carbocycles. The second kappa shape index (κ2) is 8.77. The van der Waals surface area contributed by atoms with Crippen molar-refractivity contribution in [1.29, 1.82) is 0 Å². The molecular formula is C21H19N5O8S2. The van der Waals surface area contributed by atoms with Crippen molar-refractivity contribution in [3.8, 4) is 5.75 Å². The summed E-state index contributed by atoms with van der Waals surface area (Å²) in [5.74, 6) is -5.26. The number of β-lactam (4-membered cyclic amide) rings is 1. The number of para-hydroxylation sites is 1. The van der Waals surface area contributed by atoms with Crippen LogP contribution in [0.15, 0.2) is 46.1 Å². The summed E-state index contributed by atoms with van der Waals surface area (Å²) in [6.45, 7) is 0. The molecule has 5 rings (SSSR count). The molecule has 15 heteroatoms. The molecule has 4 atom stereocenters. The number of aliphatic hydroxyl groups excluding tert-OH is 1. The Kier molecular flexibility index (Phi) is 5.86. The zero-order valence-corrected chi connectivity index (χ0v) is 20.1. The molecule has 1 fully saturated rings. The van der Waals surface area contributed by atoms with E-state index in [0.29, 0.717) is 0 Å². The minimum atomic E-state index is -2.38. The van der Waals surface area contributed by atoms with Crippen molar-refractivity contribution in [3.63, 3.8) is 0 Å². The van der Waals surface area contributed by atoms with Crippen molar-refractivity contribution in [2.24, 2.45) is 5.16 Å². The van der Waals surface area contributed by atoms with E-state index in [1.54, 1.807) is 18.2 Å². The summed E-state index contributed by atoms with van der Waals surface area (Å²) in [5, 5.41) is 39.1. The van der Waals surface area contributed by atoms with Crippen molar-refractivity contribution in [2.75, 3.05) is 18.6 Å². The fourth-order valence-corrected chi connectivity index (χ4v) is 6.22. The Hall–Kier alpha value is -3.66. The smallest absolute Gasteiger partial charge is 0.352 e. The lowest BCUT2D eigenvalue weighted by Crippen LogP contribution is -2.71. The van der Waals surface area contributed by atoms with E-state index in [1.165, 1.54) is 18.6 Å². The van der Waals surface area contributed by atoms with E-state index in [2.05, 4.69) is 15.5 Å². The number of hydrogen-bond donors (Lipinski definition) is 5. The monoisotopic (exact) mass is 533 g/mol. The Morgan fingerprint density at radius 1 is 1.39 bits per heavy atom. The number of ether oxygens (including phenoxy) is 1. The molecule has 0 spiro atoms. The number of amides is 2. The molecule has 36 heavy (non-hydrogen) atoms. The lowest BCUT2D eigenvalue weighted by molar-refractivity contribution is -0.166. The van der Waals surface area contributed by atoms with Crippen molar-refractivity contribution in [3.05, 3.63) is 52.2 Å². The van der Waals surface area contributed by atoms with E-state index < -0.39 is 46.8 Å². The molecule has 0 bridgehead atoms. The summed E-state index contributed by atoms with van der Waals surface area (Å²) in [5.41, 5.74) is 5.18. The average Bonchev–Trinajstić information content (AvgIpc) is 3.40. The van der Waals surface area contributed by atoms with E-state index in [-0.39, 0.29) is 39.2 Å². The van der Waals surface area contributed by atoms with Gasteiger partial charge >= 0.3 is 5.97 Å². The number of oxime groups is 1. The number of fused-ring (bicyclic) bond motifs is 2. The number of aliphatic hydroxyl groups is 2. The van der Waals surface area contributed by atoms with Crippen LogP contribution in [0.5, 0.6) is 5.75 Å². The maximum Gasteiger partial charge on any atom is 0.352 e. The summed E-state index contributed by atoms with van der Waals surface area (Å²) in [6.07, 6.45) is -1.57. The van der Waals surface area contributed by atoms with Crippen molar-refractivity contribution >= 4 is 51.7 Å². The SMILES string of the molecule is CO/N=C(\C(=O)N[C@@H]1C(=O)N2C(C(=O)O)=C(C3(O)Oc4ccccc4C3O)CS[C@H]12)c1csc(N)n1. The van der Waals surface area contributed by atoms with Gasteiger partial charge in [0.2, 0.25) is 0 Å². The summed E-state index contributed by atoms with van der Waals surface area (Å²) >= 11 is 2.19. The highest BCUT2D eigenvalue weighted by molar-refractivity contribution is 8.00. The predicted molar refractivity (Wildman–Crippen MR) is 127 cm³/mol. The number of nitrogens with zero attached hydrogens (tertiary/aromatic N) is 3. The molecule has 3 aliphatic heterocycles. The number of thioether (sulfide) groups is 1. The fraction of sp³-hybridized carbons (Fsp3) is 0.286. The van der Waals surface area contributed by atoms with E-state index in [0.717, 1.165) is 28.0 Å². The van der Waals surface area contributed by atoms with Gasteiger partial charge < -0.3 is 35.9 Å². The number of nitrogen functional groups attached to an aromatic ring is 1. The van der Waals surface area contributed by atoms with Gasteiger partial charge in [-0.25, -0.2) is 9.78 Å². The third-order valence-electron chi connectivity index (χ3n) is 5.90. The van der Waals surface area contributed by atoms with Gasteiger partial charge in [0, 0.05) is 22.3 Å². The molecule has 2 amide bonds. The van der Waals surface area contributed by atoms with Crippen LogP contribution in [0.4, 0.5) is 5.13 Å². The molecule has 13 nitrogen and oxygen atoms in total. The largest absolute Gasteiger partial charge is 0.477 e. The van der Waals surface area contributed by atoms with E-state index in [1.807, 2.05) is 0 Å². The van der Waals surface area contributed by atoms with Gasteiger partial charge in [0.15, 0.2) is 16.9 Å². The Balaban J connectivity index is 1.41. The first kappa shape index (κ1) is 24.1. The molecule has 1 aromatic carbocycles. The number of carbonyl (C=O) groups excluding carboxylic acids is 2. The zero-order valence-electron chi connectivity index (χ0n) is 18.4. The first-order valence-electron chi connectivity index (χ1n) is 10.4.